The van der Waals surface area contributed by atoms with Crippen LogP contribution in [0.4, 0.5) is 0 Å². The molecule has 0 spiro atoms. The van der Waals surface area contributed by atoms with Crippen molar-refractivity contribution in [2.24, 2.45) is 5.92 Å². The van der Waals surface area contributed by atoms with Crippen LogP contribution in [0.25, 0.3) is 0 Å². The van der Waals surface area contributed by atoms with Crippen LogP contribution in [-0.2, 0) is 4.79 Å². The highest BCUT2D eigenvalue weighted by atomic mass is 16.2. The van der Waals surface area contributed by atoms with Crippen molar-refractivity contribution in [3.05, 3.63) is 0 Å². The summed E-state index contributed by atoms with van der Waals surface area (Å²) in [5.74, 6) is 0.835. The summed E-state index contributed by atoms with van der Waals surface area (Å²) in [5.41, 5.74) is -0.106. The second-order valence-corrected chi connectivity index (χ2v) is 5.94. The molecule has 0 aliphatic carbocycles. The van der Waals surface area contributed by atoms with Crippen molar-refractivity contribution >= 4 is 5.91 Å². The van der Waals surface area contributed by atoms with Gasteiger partial charge >= 0.3 is 0 Å². The van der Waals surface area contributed by atoms with Crippen molar-refractivity contribution in [3.8, 4) is 0 Å². The molecule has 102 valence electrons. The molecule has 0 aliphatic heterocycles. The molecular formula is C14H30N2O. The van der Waals surface area contributed by atoms with Crippen LogP contribution in [0.3, 0.4) is 0 Å². The predicted molar refractivity (Wildman–Crippen MR) is 74.0 cm³/mol. The summed E-state index contributed by atoms with van der Waals surface area (Å²) >= 11 is 0. The van der Waals surface area contributed by atoms with E-state index in [1.54, 1.807) is 0 Å². The van der Waals surface area contributed by atoms with Gasteiger partial charge in [0.1, 0.15) is 0 Å². The van der Waals surface area contributed by atoms with Crippen molar-refractivity contribution in [2.75, 3.05) is 6.54 Å². The number of nitrogens with one attached hydrogen (secondary N) is 2. The molecular weight excluding hydrogens is 212 g/mol. The Balaban J connectivity index is 3.82. The maximum Gasteiger partial charge on any atom is 0.237 e. The largest absolute Gasteiger partial charge is 0.350 e. The maximum absolute atomic E-state index is 11.9. The van der Waals surface area contributed by atoms with Crippen molar-refractivity contribution in [1.29, 1.82) is 0 Å². The van der Waals surface area contributed by atoms with Gasteiger partial charge in [0.25, 0.3) is 0 Å². The summed E-state index contributed by atoms with van der Waals surface area (Å²) in [4.78, 5) is 11.9. The van der Waals surface area contributed by atoms with Crippen LogP contribution in [0, 0.1) is 5.92 Å². The standard InChI is InChI=1S/C14H30N2O/c1-7-14(5,6)16-13(17)12(4)15-10-8-9-11(2)3/h11-12,15H,7-10H2,1-6H3,(H,16,17). The first-order valence-corrected chi connectivity index (χ1v) is 6.84. The minimum atomic E-state index is -0.106. The van der Waals surface area contributed by atoms with Gasteiger partial charge in [-0.15, -0.1) is 0 Å². The second kappa shape index (κ2) is 7.70. The van der Waals surface area contributed by atoms with Gasteiger partial charge in [0.15, 0.2) is 0 Å². The van der Waals surface area contributed by atoms with Gasteiger partial charge in [-0.05, 0) is 52.5 Å². The summed E-state index contributed by atoms with van der Waals surface area (Å²) in [6.45, 7) is 13.5. The Kier molecular flexibility index (Phi) is 7.44. The van der Waals surface area contributed by atoms with E-state index in [0.29, 0.717) is 0 Å². The van der Waals surface area contributed by atoms with E-state index in [2.05, 4.69) is 45.3 Å². The fourth-order valence-electron chi connectivity index (χ4n) is 1.45. The second-order valence-electron chi connectivity index (χ2n) is 5.94. The van der Waals surface area contributed by atoms with Crippen LogP contribution in [0.15, 0.2) is 0 Å². The lowest BCUT2D eigenvalue weighted by atomic mass is 10.0. The minimum absolute atomic E-state index is 0.0985. The molecule has 0 fully saturated rings. The van der Waals surface area contributed by atoms with E-state index in [1.807, 2.05) is 6.92 Å². The van der Waals surface area contributed by atoms with Crippen LogP contribution in [0.1, 0.15) is 60.8 Å². The smallest absolute Gasteiger partial charge is 0.237 e. The third-order valence-corrected chi connectivity index (χ3v) is 3.15. The molecule has 17 heavy (non-hydrogen) atoms. The van der Waals surface area contributed by atoms with Gasteiger partial charge in [0, 0.05) is 5.54 Å². The molecule has 0 saturated carbocycles. The van der Waals surface area contributed by atoms with Crippen LogP contribution < -0.4 is 10.6 Å². The third-order valence-electron chi connectivity index (χ3n) is 3.15. The maximum atomic E-state index is 11.9. The molecule has 0 bridgehead atoms. The lowest BCUT2D eigenvalue weighted by Gasteiger charge is -2.26. The van der Waals surface area contributed by atoms with E-state index in [1.165, 1.54) is 6.42 Å². The number of hydrogen-bond donors (Lipinski definition) is 2. The number of hydrogen-bond acceptors (Lipinski definition) is 2. The van der Waals surface area contributed by atoms with Gasteiger partial charge in [-0.1, -0.05) is 20.8 Å². The van der Waals surface area contributed by atoms with Gasteiger partial charge in [-0.3, -0.25) is 4.79 Å². The number of rotatable bonds is 8. The molecule has 2 N–H and O–H groups in total. The number of amides is 1. The summed E-state index contributed by atoms with van der Waals surface area (Å²) in [6, 6.07) is -0.104. The van der Waals surface area contributed by atoms with E-state index in [9.17, 15) is 4.79 Å². The quantitative estimate of drug-likeness (QED) is 0.643. The van der Waals surface area contributed by atoms with Gasteiger partial charge in [-0.2, -0.15) is 0 Å². The van der Waals surface area contributed by atoms with Crippen molar-refractivity contribution in [3.63, 3.8) is 0 Å². The minimum Gasteiger partial charge on any atom is -0.350 e. The Morgan fingerprint density at radius 2 is 1.82 bits per heavy atom. The highest BCUT2D eigenvalue weighted by Gasteiger charge is 2.21. The van der Waals surface area contributed by atoms with E-state index < -0.39 is 0 Å². The molecule has 1 amide bonds. The summed E-state index contributed by atoms with van der Waals surface area (Å²) in [5, 5.41) is 6.33. The molecule has 0 heterocycles. The Bertz CT molecular complexity index is 224. The first-order valence-electron chi connectivity index (χ1n) is 6.84. The molecule has 0 aromatic carbocycles. The summed E-state index contributed by atoms with van der Waals surface area (Å²) in [6.07, 6.45) is 3.28. The molecule has 1 atom stereocenters. The highest BCUT2D eigenvalue weighted by molar-refractivity contribution is 5.81. The Hall–Kier alpha value is -0.570. The molecule has 1 unspecified atom stereocenters. The predicted octanol–water partition coefficient (Wildman–Crippen LogP) is 2.71. The number of carbonyl (C=O) groups excluding carboxylic acids is 1. The van der Waals surface area contributed by atoms with E-state index in [0.717, 1.165) is 25.3 Å². The summed E-state index contributed by atoms with van der Waals surface area (Å²) < 4.78 is 0. The zero-order valence-electron chi connectivity index (χ0n) is 12.4. The van der Waals surface area contributed by atoms with Gasteiger partial charge in [0.05, 0.1) is 6.04 Å². The molecule has 0 aromatic heterocycles. The lowest BCUT2D eigenvalue weighted by Crippen LogP contribution is -2.50. The molecule has 0 rings (SSSR count). The average molecular weight is 242 g/mol. The van der Waals surface area contributed by atoms with Crippen molar-refractivity contribution in [1.82, 2.24) is 10.6 Å². The van der Waals surface area contributed by atoms with Gasteiger partial charge in [-0.25, -0.2) is 0 Å². The van der Waals surface area contributed by atoms with Crippen molar-refractivity contribution in [2.45, 2.75) is 72.4 Å². The Morgan fingerprint density at radius 1 is 1.24 bits per heavy atom. The monoisotopic (exact) mass is 242 g/mol. The molecule has 0 saturated heterocycles. The topological polar surface area (TPSA) is 41.1 Å². The highest BCUT2D eigenvalue weighted by Crippen LogP contribution is 2.07. The first-order chi connectivity index (χ1) is 7.78. The SMILES string of the molecule is CCC(C)(C)NC(=O)C(C)NCCCC(C)C. The Morgan fingerprint density at radius 3 is 2.29 bits per heavy atom. The zero-order valence-corrected chi connectivity index (χ0v) is 12.4. The van der Waals surface area contributed by atoms with Crippen molar-refractivity contribution < 1.29 is 4.79 Å². The normalized spacial score (nSPS) is 13.8. The molecule has 0 aliphatic rings. The Labute approximate surface area is 107 Å². The lowest BCUT2D eigenvalue weighted by molar-refractivity contribution is -0.124. The van der Waals surface area contributed by atoms with E-state index >= 15 is 0 Å². The fourth-order valence-corrected chi connectivity index (χ4v) is 1.45. The van der Waals surface area contributed by atoms with Crippen LogP contribution in [-0.4, -0.2) is 24.0 Å². The van der Waals surface area contributed by atoms with Crippen LogP contribution in [0.2, 0.25) is 0 Å². The zero-order chi connectivity index (χ0) is 13.5. The summed E-state index contributed by atoms with van der Waals surface area (Å²) in [7, 11) is 0. The number of carbonyl (C=O) groups is 1. The van der Waals surface area contributed by atoms with Crippen LogP contribution >= 0.6 is 0 Å². The average Bonchev–Trinajstić information content (AvgIpc) is 2.23. The molecule has 3 heteroatoms. The van der Waals surface area contributed by atoms with Crippen LogP contribution in [0.5, 0.6) is 0 Å². The third kappa shape index (κ3) is 8.19. The van der Waals surface area contributed by atoms with Gasteiger partial charge < -0.3 is 10.6 Å². The molecule has 0 radical (unpaired) electrons. The van der Waals surface area contributed by atoms with E-state index in [-0.39, 0.29) is 17.5 Å². The van der Waals surface area contributed by atoms with Gasteiger partial charge in [0.2, 0.25) is 5.91 Å². The fraction of sp³-hybridized carbons (Fsp3) is 0.929. The van der Waals surface area contributed by atoms with E-state index in [4.69, 9.17) is 0 Å². The molecule has 0 aromatic rings. The molecule has 3 nitrogen and oxygen atoms in total. The first kappa shape index (κ1) is 16.4.